The van der Waals surface area contributed by atoms with Gasteiger partial charge in [-0.2, -0.15) is 10.4 Å². The van der Waals surface area contributed by atoms with Crippen LogP contribution in [-0.2, 0) is 11.5 Å². The number of amides is 1. The zero-order chi connectivity index (χ0) is 29.3. The Hall–Kier alpha value is -3.23. The third-order valence-corrected chi connectivity index (χ3v) is 10.1. The molecular formula is C29H43N7O3Si. The highest BCUT2D eigenvalue weighted by Crippen LogP contribution is 2.51. The van der Waals surface area contributed by atoms with Crippen LogP contribution < -0.4 is 0 Å². The van der Waals surface area contributed by atoms with E-state index in [1.165, 1.54) is 4.90 Å². The summed E-state index contributed by atoms with van der Waals surface area (Å²) in [5.74, 6) is -0.264. The number of aromatic nitrogens is 5. The second-order valence-corrected chi connectivity index (χ2v) is 18.9. The normalized spacial score (nSPS) is 20.5. The van der Waals surface area contributed by atoms with Gasteiger partial charge in [0, 0.05) is 55.5 Å². The molecule has 3 heterocycles. The second-order valence-electron chi connectivity index (χ2n) is 13.3. The van der Waals surface area contributed by atoms with Gasteiger partial charge in [0.1, 0.15) is 18.7 Å². The Morgan fingerprint density at radius 1 is 1.35 bits per heavy atom. The van der Waals surface area contributed by atoms with E-state index >= 15 is 0 Å². The monoisotopic (exact) mass is 565 g/mol. The first-order valence-electron chi connectivity index (χ1n) is 14.1. The molecule has 3 aromatic rings. The molecule has 3 aromatic heterocycles. The number of nitriles is 1. The SMILES string of the molecule is CC(n1cc(-c2ncnc3c2ccn3COCC[Si](C)(C)C)cn1)C1(CN(C(=O)O)C(C)(C)C)CCCC1C#N. The topological polar surface area (TPSA) is 122 Å². The van der Waals surface area contributed by atoms with Gasteiger partial charge < -0.3 is 19.3 Å². The molecule has 4 rings (SSSR count). The van der Waals surface area contributed by atoms with Crippen LogP contribution in [0.15, 0.2) is 31.0 Å². The highest BCUT2D eigenvalue weighted by Gasteiger charge is 2.51. The Morgan fingerprint density at radius 2 is 2.10 bits per heavy atom. The fraction of sp³-hybridized carbons (Fsp3) is 0.621. The smallest absolute Gasteiger partial charge is 0.407 e. The van der Waals surface area contributed by atoms with E-state index in [9.17, 15) is 15.2 Å². The average molecular weight is 566 g/mol. The number of hydrogen-bond donors (Lipinski definition) is 1. The third-order valence-electron chi connectivity index (χ3n) is 8.36. The third kappa shape index (κ3) is 6.08. The van der Waals surface area contributed by atoms with Gasteiger partial charge in [0.25, 0.3) is 0 Å². The lowest BCUT2D eigenvalue weighted by Crippen LogP contribution is -2.53. The highest BCUT2D eigenvalue weighted by molar-refractivity contribution is 6.76. The van der Waals surface area contributed by atoms with Gasteiger partial charge in [-0.05, 0) is 52.6 Å². The summed E-state index contributed by atoms with van der Waals surface area (Å²) in [5.41, 5.74) is 1.29. The van der Waals surface area contributed by atoms with E-state index in [-0.39, 0.29) is 18.5 Å². The summed E-state index contributed by atoms with van der Waals surface area (Å²) < 4.78 is 9.84. The van der Waals surface area contributed by atoms with Crippen LogP contribution in [0.2, 0.25) is 25.7 Å². The van der Waals surface area contributed by atoms with Crippen LogP contribution in [0.4, 0.5) is 4.79 Å². The summed E-state index contributed by atoms with van der Waals surface area (Å²) in [6.07, 6.45) is 8.73. The van der Waals surface area contributed by atoms with Crippen molar-refractivity contribution in [3.8, 4) is 17.3 Å². The standard InChI is InChI=1S/C29H43N7O3Si/c1-21(29(11-8-9-23(29)15-30)18-35(27(37)38)28(2,3)4)36-17-22(16-33-36)25-24-10-12-34(26(24)32-19-31-25)20-39-13-14-40(5,6)7/h10,12,16-17,19,21,23H,8-9,11,13-14,18,20H2,1-7H3,(H,37,38). The molecule has 0 aromatic carbocycles. The molecule has 0 aliphatic heterocycles. The summed E-state index contributed by atoms with van der Waals surface area (Å²) in [6.45, 7) is 16.2. The quantitative estimate of drug-likeness (QED) is 0.227. The molecule has 40 heavy (non-hydrogen) atoms. The average Bonchev–Trinajstić information content (AvgIpc) is 3.62. The van der Waals surface area contributed by atoms with Gasteiger partial charge in [-0.3, -0.25) is 4.68 Å². The molecule has 0 bridgehead atoms. The molecule has 3 atom stereocenters. The second kappa shape index (κ2) is 11.3. The van der Waals surface area contributed by atoms with Gasteiger partial charge in [0.15, 0.2) is 0 Å². The maximum atomic E-state index is 12.3. The predicted molar refractivity (Wildman–Crippen MR) is 157 cm³/mol. The number of rotatable bonds is 10. The number of hydrogen-bond acceptors (Lipinski definition) is 6. The zero-order valence-corrected chi connectivity index (χ0v) is 25.9. The number of fused-ring (bicyclic) bond motifs is 1. The highest BCUT2D eigenvalue weighted by atomic mass is 28.3. The van der Waals surface area contributed by atoms with Crippen LogP contribution in [0, 0.1) is 22.7 Å². The van der Waals surface area contributed by atoms with Crippen LogP contribution in [0.5, 0.6) is 0 Å². The largest absolute Gasteiger partial charge is 0.465 e. The molecule has 216 valence electrons. The van der Waals surface area contributed by atoms with E-state index in [4.69, 9.17) is 9.84 Å². The first-order valence-corrected chi connectivity index (χ1v) is 17.8. The van der Waals surface area contributed by atoms with Gasteiger partial charge in [-0.1, -0.05) is 26.1 Å². The van der Waals surface area contributed by atoms with Gasteiger partial charge in [-0.15, -0.1) is 0 Å². The molecule has 1 fully saturated rings. The summed E-state index contributed by atoms with van der Waals surface area (Å²) in [5, 5.41) is 25.8. The van der Waals surface area contributed by atoms with Crippen LogP contribution in [0.25, 0.3) is 22.3 Å². The van der Waals surface area contributed by atoms with Crippen molar-refractivity contribution in [2.45, 2.75) is 91.0 Å². The molecule has 3 unspecified atom stereocenters. The van der Waals surface area contributed by atoms with Gasteiger partial charge in [0.05, 0.1) is 29.9 Å². The molecule has 0 saturated heterocycles. The van der Waals surface area contributed by atoms with Crippen molar-refractivity contribution in [3.63, 3.8) is 0 Å². The van der Waals surface area contributed by atoms with Gasteiger partial charge >= 0.3 is 6.09 Å². The maximum Gasteiger partial charge on any atom is 0.407 e. The first-order chi connectivity index (χ1) is 18.8. The maximum absolute atomic E-state index is 12.3. The fourth-order valence-corrected chi connectivity index (χ4v) is 6.57. The van der Waals surface area contributed by atoms with Crippen LogP contribution in [-0.4, -0.2) is 67.2 Å². The van der Waals surface area contributed by atoms with Crippen molar-refractivity contribution < 1.29 is 14.6 Å². The van der Waals surface area contributed by atoms with Gasteiger partial charge in [-0.25, -0.2) is 14.8 Å². The van der Waals surface area contributed by atoms with E-state index in [0.717, 1.165) is 54.2 Å². The van der Waals surface area contributed by atoms with Crippen molar-refractivity contribution in [1.82, 2.24) is 29.2 Å². The molecule has 11 heteroatoms. The summed E-state index contributed by atoms with van der Waals surface area (Å²) in [4.78, 5) is 22.9. The summed E-state index contributed by atoms with van der Waals surface area (Å²) in [7, 11) is -1.16. The first kappa shape index (κ1) is 29.7. The molecule has 1 aliphatic rings. The minimum atomic E-state index is -1.16. The lowest BCUT2D eigenvalue weighted by Gasteiger charge is -2.45. The van der Waals surface area contributed by atoms with Crippen LogP contribution in [0.1, 0.15) is 53.0 Å². The summed E-state index contributed by atoms with van der Waals surface area (Å²) in [6, 6.07) is 5.42. The van der Waals surface area contributed by atoms with E-state index in [2.05, 4.69) is 42.6 Å². The Balaban J connectivity index is 1.62. The van der Waals surface area contributed by atoms with E-state index in [1.54, 1.807) is 12.5 Å². The molecule has 0 spiro atoms. The molecule has 0 radical (unpaired) electrons. The molecule has 1 saturated carbocycles. The lowest BCUT2D eigenvalue weighted by atomic mass is 9.72. The van der Waals surface area contributed by atoms with Gasteiger partial charge in [0.2, 0.25) is 0 Å². The number of nitrogens with zero attached hydrogens (tertiary/aromatic N) is 7. The molecule has 1 aliphatic carbocycles. The minimum absolute atomic E-state index is 0.195. The Labute approximate surface area is 238 Å². The Kier molecular flexibility index (Phi) is 8.43. The van der Waals surface area contributed by atoms with Crippen molar-refractivity contribution in [2.24, 2.45) is 11.3 Å². The van der Waals surface area contributed by atoms with E-state index in [0.29, 0.717) is 6.73 Å². The summed E-state index contributed by atoms with van der Waals surface area (Å²) >= 11 is 0. The zero-order valence-electron chi connectivity index (χ0n) is 24.9. The van der Waals surface area contributed by atoms with Crippen LogP contribution >= 0.6 is 0 Å². The Morgan fingerprint density at radius 3 is 2.75 bits per heavy atom. The molecule has 10 nitrogen and oxygen atoms in total. The molecule has 1 N–H and O–H groups in total. The number of carboxylic acid groups (broad SMARTS) is 1. The molecule has 1 amide bonds. The van der Waals surface area contributed by atoms with Crippen molar-refractivity contribution in [3.05, 3.63) is 31.0 Å². The van der Waals surface area contributed by atoms with Crippen molar-refractivity contribution >= 4 is 25.2 Å². The lowest BCUT2D eigenvalue weighted by molar-refractivity contribution is 0.0290. The minimum Gasteiger partial charge on any atom is -0.465 e. The predicted octanol–water partition coefficient (Wildman–Crippen LogP) is 6.26. The van der Waals surface area contributed by atoms with Crippen LogP contribution in [0.3, 0.4) is 0 Å². The van der Waals surface area contributed by atoms with Crippen molar-refractivity contribution in [2.75, 3.05) is 13.2 Å². The van der Waals surface area contributed by atoms with E-state index in [1.807, 2.05) is 48.5 Å². The number of ether oxygens (including phenoxy) is 1. The van der Waals surface area contributed by atoms with Crippen molar-refractivity contribution in [1.29, 1.82) is 5.26 Å². The molecular weight excluding hydrogens is 522 g/mol. The number of carbonyl (C=O) groups is 1. The Bertz CT molecular complexity index is 1380. The van der Waals surface area contributed by atoms with E-state index < -0.39 is 25.1 Å². The fourth-order valence-electron chi connectivity index (χ4n) is 5.81.